The quantitative estimate of drug-likeness (QED) is 0.874. The lowest BCUT2D eigenvalue weighted by atomic mass is 10.2. The first kappa shape index (κ1) is 17.3. The molecule has 4 nitrogen and oxygen atoms in total. The van der Waals surface area contributed by atoms with Gasteiger partial charge in [-0.15, -0.1) is 0 Å². The first-order chi connectivity index (χ1) is 11.4. The standard InChI is InChI=1S/C17H13F3N2O2/c18-17(19,20)14-8-9-16(24)22(11-14)12-15(23)21-10-4-7-13-5-2-1-3-6-13/h1-3,5-6,8-9,11H,10,12H2,(H,21,23). The molecule has 2 rings (SSSR count). The number of alkyl halides is 3. The molecule has 1 amide bonds. The molecular formula is C17H13F3N2O2. The van der Waals surface area contributed by atoms with E-state index in [9.17, 15) is 22.8 Å². The van der Waals surface area contributed by atoms with Gasteiger partial charge < -0.3 is 9.88 Å². The van der Waals surface area contributed by atoms with Gasteiger partial charge >= 0.3 is 6.18 Å². The second-order valence-electron chi connectivity index (χ2n) is 4.83. The molecule has 124 valence electrons. The molecule has 0 aliphatic heterocycles. The van der Waals surface area contributed by atoms with E-state index in [2.05, 4.69) is 17.2 Å². The molecule has 1 aromatic carbocycles. The van der Waals surface area contributed by atoms with Crippen LogP contribution < -0.4 is 10.9 Å². The Morgan fingerprint density at radius 2 is 1.83 bits per heavy atom. The van der Waals surface area contributed by atoms with Crippen LogP contribution in [0, 0.1) is 11.8 Å². The number of amides is 1. The predicted molar refractivity (Wildman–Crippen MR) is 82.0 cm³/mol. The number of nitrogens with zero attached hydrogens (tertiary/aromatic N) is 1. The van der Waals surface area contributed by atoms with E-state index in [1.165, 1.54) is 0 Å². The van der Waals surface area contributed by atoms with Gasteiger partial charge in [0, 0.05) is 17.8 Å². The minimum absolute atomic E-state index is 0.0292. The molecule has 0 saturated carbocycles. The van der Waals surface area contributed by atoms with Crippen molar-refractivity contribution in [1.82, 2.24) is 9.88 Å². The highest BCUT2D eigenvalue weighted by Crippen LogP contribution is 2.27. The van der Waals surface area contributed by atoms with E-state index in [1.807, 2.05) is 18.2 Å². The molecule has 0 unspecified atom stereocenters. The summed E-state index contributed by atoms with van der Waals surface area (Å²) in [4.78, 5) is 23.3. The van der Waals surface area contributed by atoms with E-state index < -0.39 is 29.8 Å². The van der Waals surface area contributed by atoms with E-state index in [1.54, 1.807) is 12.1 Å². The Labute approximate surface area is 135 Å². The normalized spacial score (nSPS) is 10.6. The lowest BCUT2D eigenvalue weighted by Gasteiger charge is -2.10. The Hall–Kier alpha value is -3.01. The van der Waals surface area contributed by atoms with Crippen molar-refractivity contribution in [2.75, 3.05) is 6.54 Å². The van der Waals surface area contributed by atoms with Crippen LogP contribution in [-0.4, -0.2) is 17.0 Å². The van der Waals surface area contributed by atoms with Gasteiger partial charge in [0.1, 0.15) is 6.54 Å². The Kier molecular flexibility index (Phi) is 5.42. The topological polar surface area (TPSA) is 51.1 Å². The number of rotatable bonds is 3. The van der Waals surface area contributed by atoms with Gasteiger partial charge in [0.2, 0.25) is 5.91 Å². The van der Waals surface area contributed by atoms with Gasteiger partial charge in [-0.3, -0.25) is 9.59 Å². The van der Waals surface area contributed by atoms with Crippen molar-refractivity contribution >= 4 is 5.91 Å². The molecule has 1 heterocycles. The molecular weight excluding hydrogens is 321 g/mol. The van der Waals surface area contributed by atoms with Crippen molar-refractivity contribution in [2.45, 2.75) is 12.7 Å². The molecule has 0 radical (unpaired) electrons. The van der Waals surface area contributed by atoms with Crippen molar-refractivity contribution < 1.29 is 18.0 Å². The van der Waals surface area contributed by atoms with Crippen molar-refractivity contribution in [3.63, 3.8) is 0 Å². The summed E-state index contributed by atoms with van der Waals surface area (Å²) in [6, 6.07) is 10.6. The van der Waals surface area contributed by atoms with Gasteiger partial charge in [-0.05, 0) is 18.2 Å². The molecule has 2 aromatic rings. The SMILES string of the molecule is O=C(Cn1cc(C(F)(F)F)ccc1=O)NCC#Cc1ccccc1. The third-order valence-electron chi connectivity index (χ3n) is 3.01. The lowest BCUT2D eigenvalue weighted by Crippen LogP contribution is -2.32. The fraction of sp³-hybridized carbons (Fsp3) is 0.176. The van der Waals surface area contributed by atoms with Gasteiger partial charge in [0.05, 0.1) is 12.1 Å². The molecule has 1 aromatic heterocycles. The maximum atomic E-state index is 12.6. The van der Waals surface area contributed by atoms with Crippen LogP contribution in [0.2, 0.25) is 0 Å². The van der Waals surface area contributed by atoms with Crippen LogP contribution in [0.3, 0.4) is 0 Å². The van der Waals surface area contributed by atoms with Crippen molar-refractivity contribution in [2.24, 2.45) is 0 Å². The molecule has 0 aliphatic carbocycles. The first-order valence-electron chi connectivity index (χ1n) is 6.94. The lowest BCUT2D eigenvalue weighted by molar-refractivity contribution is -0.138. The Balaban J connectivity index is 1.96. The summed E-state index contributed by atoms with van der Waals surface area (Å²) < 4.78 is 38.5. The van der Waals surface area contributed by atoms with E-state index in [0.29, 0.717) is 16.8 Å². The minimum Gasteiger partial charge on any atom is -0.344 e. The average molecular weight is 334 g/mol. The van der Waals surface area contributed by atoms with Crippen LogP contribution in [0.25, 0.3) is 0 Å². The summed E-state index contributed by atoms with van der Waals surface area (Å²) in [5, 5.41) is 2.43. The first-order valence-corrected chi connectivity index (χ1v) is 6.94. The Bertz CT molecular complexity index is 831. The number of hydrogen-bond donors (Lipinski definition) is 1. The summed E-state index contributed by atoms with van der Waals surface area (Å²) in [5.74, 6) is 4.94. The van der Waals surface area contributed by atoms with Crippen LogP contribution in [0.15, 0.2) is 53.5 Å². The van der Waals surface area contributed by atoms with Crippen molar-refractivity contribution in [1.29, 1.82) is 0 Å². The van der Waals surface area contributed by atoms with E-state index in [0.717, 1.165) is 11.6 Å². The van der Waals surface area contributed by atoms with E-state index in [-0.39, 0.29) is 6.54 Å². The number of carbonyl (C=O) groups is 1. The van der Waals surface area contributed by atoms with Gasteiger partial charge in [0.25, 0.3) is 5.56 Å². The fourth-order valence-corrected chi connectivity index (χ4v) is 1.84. The number of aromatic nitrogens is 1. The van der Waals surface area contributed by atoms with Crippen molar-refractivity contribution in [3.05, 3.63) is 70.1 Å². The molecule has 0 fully saturated rings. The third-order valence-corrected chi connectivity index (χ3v) is 3.01. The summed E-state index contributed by atoms with van der Waals surface area (Å²) >= 11 is 0. The Morgan fingerprint density at radius 1 is 1.12 bits per heavy atom. The summed E-state index contributed by atoms with van der Waals surface area (Å²) in [5.41, 5.74) is -0.895. The van der Waals surface area contributed by atoms with Crippen LogP contribution in [0.4, 0.5) is 13.2 Å². The number of nitrogens with one attached hydrogen (secondary N) is 1. The number of benzene rings is 1. The third kappa shape index (κ3) is 5.02. The molecule has 7 heteroatoms. The molecule has 0 aliphatic rings. The number of carbonyl (C=O) groups excluding carboxylic acids is 1. The Morgan fingerprint density at radius 3 is 2.50 bits per heavy atom. The van der Waals surface area contributed by atoms with Crippen molar-refractivity contribution in [3.8, 4) is 11.8 Å². The van der Waals surface area contributed by atoms with Gasteiger partial charge in [0.15, 0.2) is 0 Å². The van der Waals surface area contributed by atoms with E-state index in [4.69, 9.17) is 0 Å². The molecule has 0 atom stereocenters. The average Bonchev–Trinajstić information content (AvgIpc) is 2.53. The fourth-order valence-electron chi connectivity index (χ4n) is 1.84. The van der Waals surface area contributed by atoms with Crippen LogP contribution in [0.5, 0.6) is 0 Å². The maximum Gasteiger partial charge on any atom is 0.417 e. The summed E-state index contributed by atoms with van der Waals surface area (Å²) in [6.07, 6.45) is -3.95. The molecule has 0 bridgehead atoms. The highest BCUT2D eigenvalue weighted by molar-refractivity contribution is 5.76. The van der Waals surface area contributed by atoms with Crippen LogP contribution >= 0.6 is 0 Å². The summed E-state index contributed by atoms with van der Waals surface area (Å²) in [6.45, 7) is -0.475. The number of hydrogen-bond acceptors (Lipinski definition) is 2. The largest absolute Gasteiger partial charge is 0.417 e. The number of pyridine rings is 1. The van der Waals surface area contributed by atoms with Crippen LogP contribution in [0.1, 0.15) is 11.1 Å². The maximum absolute atomic E-state index is 12.6. The predicted octanol–water partition coefficient (Wildman–Crippen LogP) is 2.04. The van der Waals surface area contributed by atoms with Gasteiger partial charge in [-0.25, -0.2) is 0 Å². The van der Waals surface area contributed by atoms with Gasteiger partial charge in [-0.2, -0.15) is 13.2 Å². The van der Waals surface area contributed by atoms with Gasteiger partial charge in [-0.1, -0.05) is 30.0 Å². The smallest absolute Gasteiger partial charge is 0.344 e. The highest BCUT2D eigenvalue weighted by Gasteiger charge is 2.31. The number of halogens is 3. The molecule has 0 saturated heterocycles. The zero-order valence-corrected chi connectivity index (χ0v) is 12.4. The molecule has 1 N–H and O–H groups in total. The molecule has 24 heavy (non-hydrogen) atoms. The molecule has 0 spiro atoms. The van der Waals surface area contributed by atoms with E-state index >= 15 is 0 Å². The monoisotopic (exact) mass is 334 g/mol. The highest BCUT2D eigenvalue weighted by atomic mass is 19.4. The second-order valence-corrected chi connectivity index (χ2v) is 4.83. The van der Waals surface area contributed by atoms with Crippen LogP contribution in [-0.2, 0) is 17.5 Å². The zero-order valence-electron chi connectivity index (χ0n) is 12.4. The summed E-state index contributed by atoms with van der Waals surface area (Å²) in [7, 11) is 0. The minimum atomic E-state index is -4.58. The zero-order chi connectivity index (χ0) is 17.6. The second kappa shape index (κ2) is 7.51.